The summed E-state index contributed by atoms with van der Waals surface area (Å²) >= 11 is 5.79. The highest BCUT2D eigenvalue weighted by Gasteiger charge is 2.42. The van der Waals surface area contributed by atoms with Gasteiger partial charge in [-0.05, 0) is 67.7 Å². The van der Waals surface area contributed by atoms with Gasteiger partial charge < -0.3 is 14.8 Å². The van der Waals surface area contributed by atoms with E-state index in [9.17, 15) is 10.1 Å². The zero-order valence-electron chi connectivity index (χ0n) is 17.8. The Morgan fingerprint density at radius 3 is 2.36 bits per heavy atom. The van der Waals surface area contributed by atoms with E-state index in [-0.39, 0.29) is 17.8 Å². The largest absolute Gasteiger partial charge is 0.351 e. The highest BCUT2D eigenvalue weighted by Crippen LogP contribution is 2.42. The molecule has 33 heavy (non-hydrogen) atoms. The van der Waals surface area contributed by atoms with Crippen LogP contribution >= 0.6 is 12.2 Å². The molecular weight excluding hydrogens is 434 g/mol. The molecule has 0 aliphatic carbocycles. The van der Waals surface area contributed by atoms with Gasteiger partial charge in [0.15, 0.2) is 5.11 Å². The van der Waals surface area contributed by atoms with Gasteiger partial charge in [0.05, 0.1) is 16.7 Å². The third-order valence-electron chi connectivity index (χ3n) is 5.83. The molecule has 0 unspecified atom stereocenters. The predicted molar refractivity (Wildman–Crippen MR) is 132 cm³/mol. The first-order valence-corrected chi connectivity index (χ1v) is 10.9. The van der Waals surface area contributed by atoms with Gasteiger partial charge in [-0.3, -0.25) is 15.1 Å². The highest BCUT2D eigenvalue weighted by molar-refractivity contribution is 7.80. The van der Waals surface area contributed by atoms with Crippen molar-refractivity contribution in [1.82, 2.24) is 14.9 Å². The van der Waals surface area contributed by atoms with Crippen LogP contribution < -0.4 is 10.2 Å². The van der Waals surface area contributed by atoms with Crippen molar-refractivity contribution in [3.63, 3.8) is 0 Å². The summed E-state index contributed by atoms with van der Waals surface area (Å²) in [5.41, 5.74) is 4.93. The summed E-state index contributed by atoms with van der Waals surface area (Å²) in [4.78, 5) is 17.4. The van der Waals surface area contributed by atoms with E-state index in [0.29, 0.717) is 5.11 Å². The summed E-state index contributed by atoms with van der Waals surface area (Å²) in [6.07, 6.45) is 3.74. The minimum Gasteiger partial charge on any atom is -0.351 e. The molecule has 4 aromatic rings. The first kappa shape index (κ1) is 20.8. The fourth-order valence-corrected chi connectivity index (χ4v) is 4.59. The van der Waals surface area contributed by atoms with E-state index in [1.54, 1.807) is 18.3 Å². The number of nitro groups is 1. The molecule has 1 N–H and O–H groups in total. The molecule has 0 bridgehead atoms. The van der Waals surface area contributed by atoms with Crippen molar-refractivity contribution in [1.29, 1.82) is 0 Å². The summed E-state index contributed by atoms with van der Waals surface area (Å²) < 4.78 is 2.04. The van der Waals surface area contributed by atoms with Gasteiger partial charge in [0.2, 0.25) is 0 Å². The molecule has 2 aromatic carbocycles. The normalized spacial score (nSPS) is 17.7. The fraction of sp³-hybridized carbons (Fsp3) is 0.120. The standard InChI is InChI=1S/C25H21N5O2S/c1-17-7-9-19(10-8-17)29-24(23(27-25(29)33)21-5-2-3-15-26-21)22-6-4-16-28(22)18-11-13-20(14-12-18)30(31)32/h2-16,23-24H,1H3,(H,27,33)/t23-,24-/m1/s1. The summed E-state index contributed by atoms with van der Waals surface area (Å²) in [6, 6.07) is 24.3. The maximum absolute atomic E-state index is 11.1. The van der Waals surface area contributed by atoms with Gasteiger partial charge in [0.1, 0.15) is 6.04 Å². The lowest BCUT2D eigenvalue weighted by Crippen LogP contribution is -2.30. The predicted octanol–water partition coefficient (Wildman–Crippen LogP) is 5.27. The Morgan fingerprint density at radius 2 is 1.70 bits per heavy atom. The molecule has 2 aromatic heterocycles. The quantitative estimate of drug-likeness (QED) is 0.251. The Morgan fingerprint density at radius 1 is 0.970 bits per heavy atom. The molecule has 8 heteroatoms. The smallest absolute Gasteiger partial charge is 0.269 e. The summed E-state index contributed by atoms with van der Waals surface area (Å²) in [5, 5.41) is 15.2. The number of pyridine rings is 1. The second-order valence-electron chi connectivity index (χ2n) is 7.91. The number of nitro benzene ring substituents is 1. The number of hydrogen-bond donors (Lipinski definition) is 1. The number of rotatable bonds is 5. The maximum atomic E-state index is 11.1. The van der Waals surface area contributed by atoms with Crippen LogP contribution in [0.5, 0.6) is 0 Å². The van der Waals surface area contributed by atoms with Gasteiger partial charge in [0, 0.05) is 41.6 Å². The van der Waals surface area contributed by atoms with Gasteiger partial charge in [-0.1, -0.05) is 23.8 Å². The Labute approximate surface area is 196 Å². The fourth-order valence-electron chi connectivity index (χ4n) is 4.24. The Balaban J connectivity index is 1.63. The first-order chi connectivity index (χ1) is 16.0. The molecule has 0 saturated carbocycles. The van der Waals surface area contributed by atoms with Crippen LogP contribution in [-0.2, 0) is 0 Å². The number of aromatic nitrogens is 2. The van der Waals surface area contributed by atoms with Crippen LogP contribution in [0.25, 0.3) is 5.69 Å². The second-order valence-corrected chi connectivity index (χ2v) is 8.30. The van der Waals surface area contributed by atoms with E-state index >= 15 is 0 Å². The summed E-state index contributed by atoms with van der Waals surface area (Å²) in [6.45, 7) is 2.05. The van der Waals surface area contributed by atoms with Gasteiger partial charge in [-0.25, -0.2) is 0 Å². The molecule has 0 radical (unpaired) electrons. The molecule has 0 spiro atoms. The second kappa shape index (κ2) is 8.48. The van der Waals surface area contributed by atoms with Crippen LogP contribution in [0, 0.1) is 17.0 Å². The number of non-ortho nitro benzene ring substituents is 1. The number of aryl methyl sites for hydroxylation is 1. The molecule has 3 heterocycles. The van der Waals surface area contributed by atoms with E-state index in [1.165, 1.54) is 17.7 Å². The van der Waals surface area contributed by atoms with Crippen LogP contribution in [-0.4, -0.2) is 19.6 Å². The van der Waals surface area contributed by atoms with Crippen molar-refractivity contribution in [3.05, 3.63) is 118 Å². The van der Waals surface area contributed by atoms with Crippen molar-refractivity contribution in [2.24, 2.45) is 0 Å². The Hall–Kier alpha value is -4.04. The third kappa shape index (κ3) is 3.85. The van der Waals surface area contributed by atoms with Crippen molar-refractivity contribution >= 4 is 28.7 Å². The lowest BCUT2D eigenvalue weighted by molar-refractivity contribution is -0.384. The SMILES string of the molecule is Cc1ccc(N2C(=S)N[C@H](c3ccccn3)[C@H]2c2cccn2-c2ccc([N+](=O)[O-])cc2)cc1. The molecule has 5 rings (SSSR count). The molecule has 164 valence electrons. The average molecular weight is 456 g/mol. The lowest BCUT2D eigenvalue weighted by Gasteiger charge is -2.29. The topological polar surface area (TPSA) is 76.2 Å². The molecule has 1 aliphatic rings. The maximum Gasteiger partial charge on any atom is 0.269 e. The molecule has 7 nitrogen and oxygen atoms in total. The Kier molecular flexibility index (Phi) is 5.35. The average Bonchev–Trinajstić information content (AvgIpc) is 3.44. The first-order valence-electron chi connectivity index (χ1n) is 10.5. The van der Waals surface area contributed by atoms with Crippen LogP contribution in [0.15, 0.2) is 91.3 Å². The van der Waals surface area contributed by atoms with Crippen molar-refractivity contribution in [2.45, 2.75) is 19.0 Å². The highest BCUT2D eigenvalue weighted by atomic mass is 32.1. The molecule has 1 aliphatic heterocycles. The van der Waals surface area contributed by atoms with E-state index in [1.807, 2.05) is 35.0 Å². The van der Waals surface area contributed by atoms with E-state index in [4.69, 9.17) is 12.2 Å². The van der Waals surface area contributed by atoms with E-state index in [2.05, 4.69) is 52.5 Å². The molecule has 1 saturated heterocycles. The summed E-state index contributed by atoms with van der Waals surface area (Å²) in [5.74, 6) is 0. The number of thiocarbonyl (C=S) groups is 1. The van der Waals surface area contributed by atoms with Gasteiger partial charge in [-0.2, -0.15) is 0 Å². The zero-order valence-corrected chi connectivity index (χ0v) is 18.6. The van der Waals surface area contributed by atoms with Crippen molar-refractivity contribution in [2.75, 3.05) is 4.90 Å². The molecular formula is C25H21N5O2S. The van der Waals surface area contributed by atoms with Crippen LogP contribution in [0.2, 0.25) is 0 Å². The lowest BCUT2D eigenvalue weighted by atomic mass is 10.0. The molecule has 2 atom stereocenters. The number of nitrogens with zero attached hydrogens (tertiary/aromatic N) is 4. The van der Waals surface area contributed by atoms with E-state index < -0.39 is 4.92 Å². The van der Waals surface area contributed by atoms with Gasteiger partial charge in [0.25, 0.3) is 5.69 Å². The molecule has 0 amide bonds. The van der Waals surface area contributed by atoms with Crippen LogP contribution in [0.4, 0.5) is 11.4 Å². The monoisotopic (exact) mass is 455 g/mol. The van der Waals surface area contributed by atoms with Crippen LogP contribution in [0.1, 0.15) is 29.0 Å². The van der Waals surface area contributed by atoms with Gasteiger partial charge >= 0.3 is 0 Å². The minimum absolute atomic E-state index is 0.0591. The summed E-state index contributed by atoms with van der Waals surface area (Å²) in [7, 11) is 0. The van der Waals surface area contributed by atoms with Crippen molar-refractivity contribution < 1.29 is 4.92 Å². The number of benzene rings is 2. The Bertz CT molecular complexity index is 1300. The van der Waals surface area contributed by atoms with Crippen molar-refractivity contribution in [3.8, 4) is 5.69 Å². The zero-order chi connectivity index (χ0) is 22.9. The number of nitrogens with one attached hydrogen (secondary N) is 1. The van der Waals surface area contributed by atoms with Crippen LogP contribution in [0.3, 0.4) is 0 Å². The number of anilines is 1. The van der Waals surface area contributed by atoms with Gasteiger partial charge in [-0.15, -0.1) is 0 Å². The number of hydrogen-bond acceptors (Lipinski definition) is 4. The third-order valence-corrected chi connectivity index (χ3v) is 6.15. The molecule has 1 fully saturated rings. The van der Waals surface area contributed by atoms with E-state index in [0.717, 1.165) is 22.8 Å². The minimum atomic E-state index is -0.393.